The van der Waals surface area contributed by atoms with Crippen LogP contribution in [0.5, 0.6) is 0 Å². The zero-order valence-electron chi connectivity index (χ0n) is 40.4. The number of rotatable bonds is 11. The lowest BCUT2D eigenvalue weighted by Crippen LogP contribution is -2.65. The third kappa shape index (κ3) is 7.63. The number of hydrogen-bond acceptors (Lipinski definition) is 18. The van der Waals surface area contributed by atoms with E-state index >= 15 is 0 Å². The second-order valence-electron chi connectivity index (χ2n) is 23.5. The van der Waals surface area contributed by atoms with Gasteiger partial charge in [-0.2, -0.15) is 0 Å². The van der Waals surface area contributed by atoms with Crippen molar-refractivity contribution in [1.29, 1.82) is 0 Å². The van der Waals surface area contributed by atoms with Crippen LogP contribution in [-0.4, -0.2) is 188 Å². The highest BCUT2D eigenvalue weighted by molar-refractivity contribution is 5.32. The standard InChI is InChI=1S/C49H80O18/c1-22(19-61-41-37(58)35(56)32(53)26(17-50)63-41)15-25-16-23(2)40-45(6)13-14-48-21-47(48)12-11-30(44(4,5)28(47)9-10-29(48)46(45,7)20-49(40,60-8)67-25)65-43-39(36(57)33(54)27(18-51)64-43)66-42-38(59)34(55)31(52)24(3)62-42/h15,23-43,50-59H,9-14,16-21H2,1-8H3. The molecule has 9 aliphatic rings. The van der Waals surface area contributed by atoms with Crippen LogP contribution in [-0.2, 0) is 37.9 Å². The van der Waals surface area contributed by atoms with E-state index in [9.17, 15) is 51.1 Å². The van der Waals surface area contributed by atoms with Gasteiger partial charge >= 0.3 is 0 Å². The van der Waals surface area contributed by atoms with E-state index in [0.29, 0.717) is 18.3 Å². The topological polar surface area (TPSA) is 276 Å². The summed E-state index contributed by atoms with van der Waals surface area (Å²) in [7, 11) is 1.78. The van der Waals surface area contributed by atoms with Gasteiger partial charge in [0.15, 0.2) is 24.7 Å². The number of methoxy groups -OCH3 is 1. The number of hydrogen-bond donors (Lipinski definition) is 10. The minimum Gasteiger partial charge on any atom is -0.394 e. The van der Waals surface area contributed by atoms with E-state index in [4.69, 9.17) is 37.9 Å². The lowest BCUT2D eigenvalue weighted by atomic mass is 9.41. The van der Waals surface area contributed by atoms with Crippen LogP contribution in [0.3, 0.4) is 0 Å². The van der Waals surface area contributed by atoms with Gasteiger partial charge in [-0.1, -0.05) is 40.7 Å². The fraction of sp³-hybridized carbons (Fsp3) is 0.959. The highest BCUT2D eigenvalue weighted by Gasteiger charge is 2.85. The second-order valence-corrected chi connectivity index (χ2v) is 23.5. The van der Waals surface area contributed by atoms with Gasteiger partial charge in [0.2, 0.25) is 0 Å². The Morgan fingerprint density at radius 3 is 1.93 bits per heavy atom. The fourth-order valence-electron chi connectivity index (χ4n) is 16.6. The molecule has 5 aliphatic carbocycles. The van der Waals surface area contributed by atoms with Crippen molar-refractivity contribution in [3.05, 3.63) is 11.6 Å². The highest BCUT2D eigenvalue weighted by Crippen LogP contribution is 2.90. The van der Waals surface area contributed by atoms with Crippen molar-refractivity contribution in [2.75, 3.05) is 26.9 Å². The normalized spacial score (nSPS) is 57.1. The molecule has 4 aliphatic heterocycles. The first-order valence-electron chi connectivity index (χ1n) is 24.9. The summed E-state index contributed by atoms with van der Waals surface area (Å²) >= 11 is 0. The van der Waals surface area contributed by atoms with E-state index in [-0.39, 0.29) is 57.7 Å². The molecule has 0 amide bonds. The molecule has 5 saturated carbocycles. The van der Waals surface area contributed by atoms with Gasteiger partial charge in [0.05, 0.1) is 38.1 Å². The van der Waals surface area contributed by atoms with E-state index < -0.39 is 111 Å². The average molecular weight is 957 g/mol. The van der Waals surface area contributed by atoms with Crippen LogP contribution in [0, 0.1) is 50.7 Å². The van der Waals surface area contributed by atoms with Crippen molar-refractivity contribution in [2.45, 2.75) is 216 Å². The molecule has 26 unspecified atom stereocenters. The van der Waals surface area contributed by atoms with Gasteiger partial charge in [0.25, 0.3) is 0 Å². The summed E-state index contributed by atoms with van der Waals surface area (Å²) in [5.74, 6) is 0.384. The molecule has 384 valence electrons. The van der Waals surface area contributed by atoms with Crippen LogP contribution in [0.1, 0.15) is 106 Å². The van der Waals surface area contributed by atoms with E-state index in [1.54, 1.807) is 7.11 Å². The molecule has 9 rings (SSSR count). The predicted octanol–water partition coefficient (Wildman–Crippen LogP) is 0.603. The smallest absolute Gasteiger partial charge is 0.187 e. The molecule has 2 spiro atoms. The number of aliphatic hydroxyl groups excluding tert-OH is 10. The molecule has 4 heterocycles. The summed E-state index contributed by atoms with van der Waals surface area (Å²) in [5.41, 5.74) is 0.597. The summed E-state index contributed by atoms with van der Waals surface area (Å²) in [6, 6.07) is 0. The Bertz CT molecular complexity index is 1820. The molecule has 9 fully saturated rings. The molecular weight excluding hydrogens is 877 g/mol. The number of fused-ring (bicyclic) bond motifs is 4. The third-order valence-electron chi connectivity index (χ3n) is 20.0. The van der Waals surface area contributed by atoms with Crippen LogP contribution < -0.4 is 0 Å². The predicted molar refractivity (Wildman–Crippen MR) is 234 cm³/mol. The lowest BCUT2D eigenvalue weighted by Gasteiger charge is -2.63. The van der Waals surface area contributed by atoms with Crippen LogP contribution in [0.25, 0.3) is 0 Å². The van der Waals surface area contributed by atoms with Crippen molar-refractivity contribution in [3.8, 4) is 0 Å². The molecule has 18 heteroatoms. The SMILES string of the molecule is COC12CC3(C)C4CCC5C(C)(C)C(OC6OC(CO)C(O)C(O)C6OC6OC(C)C(O)C(O)C6O)CCC56CC46CCC3(C)C1C(C)CC(C=C(C)COC1OC(CO)C(O)C(O)C1O)O2. The minimum atomic E-state index is -1.65. The van der Waals surface area contributed by atoms with Crippen molar-refractivity contribution in [2.24, 2.45) is 50.7 Å². The van der Waals surface area contributed by atoms with E-state index in [0.717, 1.165) is 56.9 Å². The third-order valence-corrected chi connectivity index (χ3v) is 20.0. The maximum absolute atomic E-state index is 11.4. The quantitative estimate of drug-likeness (QED) is 0.100. The number of aliphatic hydroxyl groups is 10. The second kappa shape index (κ2) is 17.9. The first kappa shape index (κ1) is 50.9. The molecule has 0 aromatic carbocycles. The molecule has 18 nitrogen and oxygen atoms in total. The van der Waals surface area contributed by atoms with Crippen LogP contribution in [0.4, 0.5) is 0 Å². The minimum absolute atomic E-state index is 0.0513. The molecule has 67 heavy (non-hydrogen) atoms. The van der Waals surface area contributed by atoms with Crippen molar-refractivity contribution in [1.82, 2.24) is 0 Å². The maximum atomic E-state index is 11.4. The van der Waals surface area contributed by atoms with E-state index in [1.165, 1.54) is 6.92 Å². The Morgan fingerprint density at radius 1 is 0.642 bits per heavy atom. The Labute approximate surface area is 393 Å². The molecular formula is C49H80O18. The molecule has 4 saturated heterocycles. The Kier molecular flexibility index (Phi) is 13.6. The maximum Gasteiger partial charge on any atom is 0.187 e. The van der Waals surface area contributed by atoms with Gasteiger partial charge in [0.1, 0.15) is 67.1 Å². The van der Waals surface area contributed by atoms with Gasteiger partial charge in [-0.05, 0) is 116 Å². The highest BCUT2D eigenvalue weighted by atomic mass is 16.8. The van der Waals surface area contributed by atoms with Gasteiger partial charge in [-0.15, -0.1) is 0 Å². The monoisotopic (exact) mass is 957 g/mol. The van der Waals surface area contributed by atoms with Gasteiger partial charge < -0.3 is 89.0 Å². The first-order chi connectivity index (χ1) is 31.5. The molecule has 0 aromatic rings. The zero-order chi connectivity index (χ0) is 48.6. The fourth-order valence-corrected chi connectivity index (χ4v) is 16.6. The number of ether oxygens (including phenoxy) is 8. The van der Waals surface area contributed by atoms with E-state index in [2.05, 4.69) is 40.7 Å². The lowest BCUT2D eigenvalue weighted by molar-refractivity contribution is -0.375. The molecule has 0 bridgehead atoms. The summed E-state index contributed by atoms with van der Waals surface area (Å²) in [6.07, 6.45) is -10.6. The summed E-state index contributed by atoms with van der Waals surface area (Å²) in [6.45, 7) is 14.3. The average Bonchev–Trinajstić information content (AvgIpc) is 3.90. The molecule has 0 aromatic heterocycles. The largest absolute Gasteiger partial charge is 0.394 e. The Morgan fingerprint density at radius 2 is 1.25 bits per heavy atom. The van der Waals surface area contributed by atoms with E-state index in [1.807, 2.05) is 6.92 Å². The molecule has 26 atom stereocenters. The molecule has 10 N–H and O–H groups in total. The van der Waals surface area contributed by atoms with Gasteiger partial charge in [-0.25, -0.2) is 0 Å². The van der Waals surface area contributed by atoms with Crippen LogP contribution in [0.2, 0.25) is 0 Å². The van der Waals surface area contributed by atoms with Gasteiger partial charge in [-0.3, -0.25) is 0 Å². The zero-order valence-corrected chi connectivity index (χ0v) is 40.4. The Balaban J connectivity index is 0.906. The molecule has 0 radical (unpaired) electrons. The summed E-state index contributed by atoms with van der Waals surface area (Å²) in [4.78, 5) is 0. The van der Waals surface area contributed by atoms with Crippen LogP contribution >= 0.6 is 0 Å². The summed E-state index contributed by atoms with van der Waals surface area (Å²) in [5, 5.41) is 105. The van der Waals surface area contributed by atoms with Crippen molar-refractivity contribution < 1.29 is 89.0 Å². The van der Waals surface area contributed by atoms with Gasteiger partial charge in [0, 0.05) is 19.4 Å². The first-order valence-corrected chi connectivity index (χ1v) is 24.9. The Hall–Kier alpha value is -0.980. The van der Waals surface area contributed by atoms with Crippen molar-refractivity contribution >= 4 is 0 Å². The van der Waals surface area contributed by atoms with Crippen LogP contribution in [0.15, 0.2) is 11.6 Å². The van der Waals surface area contributed by atoms with Crippen molar-refractivity contribution in [3.63, 3.8) is 0 Å². The summed E-state index contributed by atoms with van der Waals surface area (Å²) < 4.78 is 50.0.